The van der Waals surface area contributed by atoms with Gasteiger partial charge in [0.05, 0.1) is 17.2 Å². The summed E-state index contributed by atoms with van der Waals surface area (Å²) in [5, 5.41) is 6.90. The van der Waals surface area contributed by atoms with Crippen molar-refractivity contribution in [1.29, 1.82) is 0 Å². The SMILES string of the molecule is CCn1c(C2COc3ccccc3O2)nc2ccc(-c3cn[nH]c3)cc21. The summed E-state index contributed by atoms with van der Waals surface area (Å²) in [5.74, 6) is 2.43. The molecule has 130 valence electrons. The maximum absolute atomic E-state index is 6.17. The number of fused-ring (bicyclic) bond motifs is 2. The molecule has 1 N–H and O–H groups in total. The lowest BCUT2D eigenvalue weighted by Gasteiger charge is -2.26. The van der Waals surface area contributed by atoms with Crippen molar-refractivity contribution in [1.82, 2.24) is 19.7 Å². The molecule has 2 aromatic carbocycles. The van der Waals surface area contributed by atoms with Crippen molar-refractivity contribution in [2.45, 2.75) is 19.6 Å². The van der Waals surface area contributed by atoms with Crippen molar-refractivity contribution in [2.24, 2.45) is 0 Å². The summed E-state index contributed by atoms with van der Waals surface area (Å²) in [4.78, 5) is 4.84. The summed E-state index contributed by atoms with van der Waals surface area (Å²) in [6.07, 6.45) is 3.49. The van der Waals surface area contributed by atoms with Gasteiger partial charge in [-0.15, -0.1) is 0 Å². The van der Waals surface area contributed by atoms with Gasteiger partial charge in [-0.2, -0.15) is 5.10 Å². The zero-order valence-electron chi connectivity index (χ0n) is 14.3. The maximum Gasteiger partial charge on any atom is 0.190 e. The Hall–Kier alpha value is -3.28. The van der Waals surface area contributed by atoms with Gasteiger partial charge in [0.15, 0.2) is 23.4 Å². The molecule has 0 saturated heterocycles. The number of para-hydroxylation sites is 2. The average Bonchev–Trinajstić information content (AvgIpc) is 3.34. The highest BCUT2D eigenvalue weighted by Crippen LogP contribution is 2.36. The van der Waals surface area contributed by atoms with E-state index in [2.05, 4.69) is 33.8 Å². The minimum absolute atomic E-state index is 0.227. The fraction of sp³-hybridized carbons (Fsp3) is 0.200. The van der Waals surface area contributed by atoms with Crippen LogP contribution in [0.4, 0.5) is 0 Å². The van der Waals surface area contributed by atoms with Crippen LogP contribution in [0.5, 0.6) is 11.5 Å². The fourth-order valence-corrected chi connectivity index (χ4v) is 3.45. The number of nitrogens with one attached hydrogen (secondary N) is 1. The Morgan fingerprint density at radius 2 is 2.04 bits per heavy atom. The Bertz CT molecular complexity index is 1070. The fourth-order valence-electron chi connectivity index (χ4n) is 3.45. The largest absolute Gasteiger partial charge is 0.485 e. The molecule has 0 radical (unpaired) electrons. The van der Waals surface area contributed by atoms with E-state index in [4.69, 9.17) is 14.5 Å². The molecule has 0 amide bonds. The van der Waals surface area contributed by atoms with Gasteiger partial charge < -0.3 is 14.0 Å². The number of aromatic nitrogens is 4. The second-order valence-corrected chi connectivity index (χ2v) is 6.27. The third-order valence-corrected chi connectivity index (χ3v) is 4.72. The van der Waals surface area contributed by atoms with Crippen LogP contribution in [0.3, 0.4) is 0 Å². The number of aryl methyl sites for hydroxylation is 1. The van der Waals surface area contributed by atoms with E-state index in [0.717, 1.165) is 46.0 Å². The molecule has 0 bridgehead atoms. The van der Waals surface area contributed by atoms with Gasteiger partial charge >= 0.3 is 0 Å². The molecule has 0 saturated carbocycles. The lowest BCUT2D eigenvalue weighted by molar-refractivity contribution is 0.0829. The zero-order chi connectivity index (χ0) is 17.5. The minimum Gasteiger partial charge on any atom is -0.485 e. The van der Waals surface area contributed by atoms with E-state index in [1.807, 2.05) is 42.7 Å². The summed E-state index contributed by atoms with van der Waals surface area (Å²) in [6, 6.07) is 14.0. The van der Waals surface area contributed by atoms with Crippen molar-refractivity contribution >= 4 is 11.0 Å². The summed E-state index contributed by atoms with van der Waals surface area (Å²) in [5.41, 5.74) is 4.21. The molecule has 0 spiro atoms. The quantitative estimate of drug-likeness (QED) is 0.610. The first-order valence-corrected chi connectivity index (χ1v) is 8.71. The van der Waals surface area contributed by atoms with Crippen LogP contribution in [0.25, 0.3) is 22.2 Å². The molecular weight excluding hydrogens is 328 g/mol. The van der Waals surface area contributed by atoms with Crippen LogP contribution in [0.1, 0.15) is 18.9 Å². The highest BCUT2D eigenvalue weighted by Gasteiger charge is 2.27. The Morgan fingerprint density at radius 1 is 1.15 bits per heavy atom. The van der Waals surface area contributed by atoms with E-state index in [-0.39, 0.29) is 6.10 Å². The lowest BCUT2D eigenvalue weighted by Crippen LogP contribution is -2.24. The molecule has 26 heavy (non-hydrogen) atoms. The van der Waals surface area contributed by atoms with E-state index < -0.39 is 0 Å². The maximum atomic E-state index is 6.17. The average molecular weight is 346 g/mol. The highest BCUT2D eigenvalue weighted by molar-refractivity contribution is 5.82. The van der Waals surface area contributed by atoms with Crippen LogP contribution in [-0.2, 0) is 6.54 Å². The molecule has 0 aliphatic carbocycles. The number of aromatic amines is 1. The summed E-state index contributed by atoms with van der Waals surface area (Å²) < 4.78 is 14.2. The molecule has 2 aromatic heterocycles. The normalized spacial score (nSPS) is 16.1. The third-order valence-electron chi connectivity index (χ3n) is 4.72. The molecule has 0 fully saturated rings. The smallest absolute Gasteiger partial charge is 0.190 e. The molecule has 6 nitrogen and oxygen atoms in total. The van der Waals surface area contributed by atoms with Crippen LogP contribution in [0, 0.1) is 0 Å². The van der Waals surface area contributed by atoms with Gasteiger partial charge in [0, 0.05) is 18.3 Å². The topological polar surface area (TPSA) is 65.0 Å². The van der Waals surface area contributed by atoms with E-state index in [0.29, 0.717) is 6.61 Å². The number of benzene rings is 2. The molecule has 1 aliphatic heterocycles. The van der Waals surface area contributed by atoms with Gasteiger partial charge in [-0.05, 0) is 36.8 Å². The molecule has 1 atom stereocenters. The first kappa shape index (κ1) is 15.0. The van der Waals surface area contributed by atoms with E-state index in [1.165, 1.54) is 0 Å². The van der Waals surface area contributed by atoms with Gasteiger partial charge in [0.25, 0.3) is 0 Å². The first-order chi connectivity index (χ1) is 12.8. The lowest BCUT2D eigenvalue weighted by atomic mass is 10.1. The second-order valence-electron chi connectivity index (χ2n) is 6.27. The van der Waals surface area contributed by atoms with Crippen molar-refractivity contribution in [3.63, 3.8) is 0 Å². The van der Waals surface area contributed by atoms with Gasteiger partial charge in [-0.3, -0.25) is 5.10 Å². The number of imidazole rings is 1. The van der Waals surface area contributed by atoms with Crippen LogP contribution >= 0.6 is 0 Å². The molecular formula is C20H18N4O2. The van der Waals surface area contributed by atoms with Crippen molar-refractivity contribution in [3.05, 3.63) is 60.7 Å². The number of hydrogen-bond acceptors (Lipinski definition) is 4. The van der Waals surface area contributed by atoms with Crippen molar-refractivity contribution < 1.29 is 9.47 Å². The van der Waals surface area contributed by atoms with E-state index in [1.54, 1.807) is 0 Å². The predicted molar refractivity (Wildman–Crippen MR) is 98.3 cm³/mol. The summed E-state index contributed by atoms with van der Waals surface area (Å²) in [7, 11) is 0. The molecule has 4 aromatic rings. The number of ether oxygens (including phenoxy) is 2. The van der Waals surface area contributed by atoms with E-state index in [9.17, 15) is 0 Å². The predicted octanol–water partition coefficient (Wildman–Crippen LogP) is 3.96. The summed E-state index contributed by atoms with van der Waals surface area (Å²) >= 11 is 0. The van der Waals surface area contributed by atoms with Gasteiger partial charge in [-0.25, -0.2) is 4.98 Å². The minimum atomic E-state index is -0.227. The van der Waals surface area contributed by atoms with Crippen LogP contribution in [0.2, 0.25) is 0 Å². The van der Waals surface area contributed by atoms with Crippen LogP contribution in [-0.4, -0.2) is 26.4 Å². The van der Waals surface area contributed by atoms with Gasteiger partial charge in [-0.1, -0.05) is 18.2 Å². The summed E-state index contributed by atoms with van der Waals surface area (Å²) in [6.45, 7) is 3.38. The Kier molecular flexibility index (Phi) is 3.41. The first-order valence-electron chi connectivity index (χ1n) is 8.71. The Morgan fingerprint density at radius 3 is 2.85 bits per heavy atom. The van der Waals surface area contributed by atoms with Crippen LogP contribution in [0.15, 0.2) is 54.9 Å². The molecule has 1 aliphatic rings. The van der Waals surface area contributed by atoms with E-state index >= 15 is 0 Å². The van der Waals surface area contributed by atoms with Crippen molar-refractivity contribution in [3.8, 4) is 22.6 Å². The molecule has 3 heterocycles. The third kappa shape index (κ3) is 2.34. The van der Waals surface area contributed by atoms with Gasteiger partial charge in [0.2, 0.25) is 0 Å². The number of hydrogen-bond donors (Lipinski definition) is 1. The van der Waals surface area contributed by atoms with Crippen LogP contribution < -0.4 is 9.47 Å². The number of H-pyrrole nitrogens is 1. The number of rotatable bonds is 3. The molecule has 1 unspecified atom stereocenters. The standard InChI is InChI=1S/C20H18N4O2/c1-2-24-16-9-13(14-10-21-22-11-14)7-8-15(16)23-20(24)19-12-25-17-5-3-4-6-18(17)26-19/h3-11,19H,2,12H2,1H3,(H,21,22). The highest BCUT2D eigenvalue weighted by atomic mass is 16.6. The number of nitrogens with zero attached hydrogens (tertiary/aromatic N) is 3. The molecule has 5 rings (SSSR count). The zero-order valence-corrected chi connectivity index (χ0v) is 14.3. The second kappa shape index (κ2) is 5.91. The monoisotopic (exact) mass is 346 g/mol. The van der Waals surface area contributed by atoms with Crippen molar-refractivity contribution in [2.75, 3.05) is 6.61 Å². The Balaban J connectivity index is 1.58. The Labute approximate surface area is 150 Å². The molecule has 6 heteroatoms. The van der Waals surface area contributed by atoms with Gasteiger partial charge in [0.1, 0.15) is 6.61 Å².